The third-order valence-corrected chi connectivity index (χ3v) is 6.79. The van der Waals surface area contributed by atoms with Crippen molar-refractivity contribution in [2.45, 2.75) is 31.1 Å². The summed E-state index contributed by atoms with van der Waals surface area (Å²) in [7, 11) is -2.65. The van der Waals surface area contributed by atoms with E-state index in [9.17, 15) is 8.42 Å². The smallest absolute Gasteiger partial charge is 0.264 e. The van der Waals surface area contributed by atoms with Crippen LogP contribution in [0.4, 0.5) is 5.82 Å². The molecule has 39 heavy (non-hydrogen) atoms. The fraction of sp³-hybridized carbons (Fsp3) is 0.214. The molecule has 4 aromatic rings. The molecule has 0 fully saturated rings. The van der Waals surface area contributed by atoms with Crippen LogP contribution in [0, 0.1) is 12.3 Å². The van der Waals surface area contributed by atoms with Crippen LogP contribution in [0.2, 0.25) is 0 Å². The van der Waals surface area contributed by atoms with Gasteiger partial charge in [0, 0.05) is 12.4 Å². The van der Waals surface area contributed by atoms with E-state index in [1.807, 2.05) is 20.8 Å². The number of nitrogens with one attached hydrogen (secondary N) is 1. The van der Waals surface area contributed by atoms with Crippen molar-refractivity contribution in [1.82, 2.24) is 19.9 Å². The molecule has 0 aliphatic rings. The van der Waals surface area contributed by atoms with Gasteiger partial charge in [0.2, 0.25) is 11.6 Å². The Balaban J connectivity index is 1.86. The molecule has 10 nitrogen and oxygen atoms in total. The summed E-state index contributed by atoms with van der Waals surface area (Å²) in [5.41, 5.74) is 0.837. The molecule has 2 aromatic carbocycles. The summed E-state index contributed by atoms with van der Waals surface area (Å²) in [5.74, 6) is 2.73. The number of nitrogens with zero attached hydrogens (tertiary/aromatic N) is 4. The summed E-state index contributed by atoms with van der Waals surface area (Å²) < 4.78 is 46.7. The molecule has 0 saturated carbocycles. The van der Waals surface area contributed by atoms with Gasteiger partial charge in [0.15, 0.2) is 29.7 Å². The fourth-order valence-electron chi connectivity index (χ4n) is 3.45. The SMILES string of the molecule is C#CCOc1nc(-c2ncccn2)nc(NS(=O)(=O)c2ccc(C(C)(C)C)cc2)c1Oc1ccccc1OC. The van der Waals surface area contributed by atoms with Gasteiger partial charge in [0.05, 0.1) is 12.0 Å². The molecular formula is C28H27N5O5S. The lowest BCUT2D eigenvalue weighted by Crippen LogP contribution is -2.17. The van der Waals surface area contributed by atoms with Crippen molar-refractivity contribution in [1.29, 1.82) is 0 Å². The Hall–Kier alpha value is -4.69. The summed E-state index contributed by atoms with van der Waals surface area (Å²) in [6.45, 7) is 5.96. The molecule has 0 unspecified atom stereocenters. The van der Waals surface area contributed by atoms with Crippen LogP contribution in [0.5, 0.6) is 23.1 Å². The quantitative estimate of drug-likeness (QED) is 0.294. The van der Waals surface area contributed by atoms with E-state index in [0.717, 1.165) is 5.56 Å². The zero-order valence-corrected chi connectivity index (χ0v) is 22.7. The fourth-order valence-corrected chi connectivity index (χ4v) is 4.45. The lowest BCUT2D eigenvalue weighted by molar-refractivity contribution is 0.325. The minimum atomic E-state index is -4.13. The van der Waals surface area contributed by atoms with E-state index in [-0.39, 0.29) is 51.8 Å². The number of ether oxygens (including phenoxy) is 3. The minimum absolute atomic E-state index is 0.00391. The highest BCUT2D eigenvalue weighted by Gasteiger charge is 2.26. The predicted octanol–water partition coefficient (Wildman–Crippen LogP) is 4.84. The van der Waals surface area contributed by atoms with Gasteiger partial charge >= 0.3 is 0 Å². The Morgan fingerprint density at radius 3 is 2.21 bits per heavy atom. The highest BCUT2D eigenvalue weighted by atomic mass is 32.2. The Morgan fingerprint density at radius 2 is 1.59 bits per heavy atom. The second kappa shape index (κ2) is 11.4. The Kier molecular flexibility index (Phi) is 7.97. The monoisotopic (exact) mass is 545 g/mol. The van der Waals surface area contributed by atoms with Gasteiger partial charge in [-0.15, -0.1) is 6.42 Å². The number of terminal acetylenes is 1. The normalized spacial score (nSPS) is 11.4. The maximum atomic E-state index is 13.5. The Morgan fingerprint density at radius 1 is 0.923 bits per heavy atom. The van der Waals surface area contributed by atoms with Gasteiger partial charge in [-0.25, -0.2) is 23.4 Å². The van der Waals surface area contributed by atoms with E-state index in [2.05, 4.69) is 30.6 Å². The van der Waals surface area contributed by atoms with Crippen LogP contribution < -0.4 is 18.9 Å². The van der Waals surface area contributed by atoms with Crippen molar-refractivity contribution < 1.29 is 22.6 Å². The molecule has 0 radical (unpaired) electrons. The highest BCUT2D eigenvalue weighted by Crippen LogP contribution is 2.41. The zero-order chi connectivity index (χ0) is 28.0. The first-order chi connectivity index (χ1) is 18.6. The van der Waals surface area contributed by atoms with Crippen molar-refractivity contribution in [2.24, 2.45) is 0 Å². The van der Waals surface area contributed by atoms with E-state index < -0.39 is 10.0 Å². The summed E-state index contributed by atoms with van der Waals surface area (Å²) in [5, 5.41) is 0. The molecule has 2 heterocycles. The topological polar surface area (TPSA) is 125 Å². The lowest BCUT2D eigenvalue weighted by Gasteiger charge is -2.20. The van der Waals surface area contributed by atoms with Gasteiger partial charge in [-0.2, -0.15) is 4.98 Å². The number of rotatable bonds is 9. The number of para-hydroxylation sites is 2. The maximum Gasteiger partial charge on any atom is 0.264 e. The van der Waals surface area contributed by atoms with Crippen LogP contribution in [-0.4, -0.2) is 42.1 Å². The first kappa shape index (κ1) is 27.3. The number of hydrogen-bond donors (Lipinski definition) is 1. The molecular weight excluding hydrogens is 518 g/mol. The molecule has 200 valence electrons. The molecule has 0 aliphatic carbocycles. The molecule has 0 aliphatic heterocycles. The van der Waals surface area contributed by atoms with E-state index >= 15 is 0 Å². The molecule has 11 heteroatoms. The van der Waals surface area contributed by atoms with Gasteiger partial charge in [-0.05, 0) is 41.3 Å². The highest BCUT2D eigenvalue weighted by molar-refractivity contribution is 7.92. The maximum absolute atomic E-state index is 13.5. The Bertz CT molecular complexity index is 1600. The third-order valence-electron chi connectivity index (χ3n) is 5.44. The first-order valence-electron chi connectivity index (χ1n) is 11.8. The minimum Gasteiger partial charge on any atom is -0.493 e. The largest absolute Gasteiger partial charge is 0.493 e. The summed E-state index contributed by atoms with van der Waals surface area (Å²) >= 11 is 0. The molecule has 0 amide bonds. The number of methoxy groups -OCH3 is 1. The predicted molar refractivity (Wildman–Crippen MR) is 146 cm³/mol. The van der Waals surface area contributed by atoms with Gasteiger partial charge in [-0.1, -0.05) is 51.0 Å². The second-order valence-electron chi connectivity index (χ2n) is 9.23. The molecule has 0 spiro atoms. The molecule has 0 saturated heterocycles. The van der Waals surface area contributed by atoms with Crippen molar-refractivity contribution in [2.75, 3.05) is 18.4 Å². The first-order valence-corrected chi connectivity index (χ1v) is 13.3. The average Bonchev–Trinajstić information content (AvgIpc) is 2.93. The molecule has 2 aromatic heterocycles. The molecule has 4 rings (SSSR count). The number of anilines is 1. The number of hydrogen-bond acceptors (Lipinski definition) is 9. The van der Waals surface area contributed by atoms with Crippen LogP contribution >= 0.6 is 0 Å². The van der Waals surface area contributed by atoms with Crippen LogP contribution in [0.15, 0.2) is 71.9 Å². The van der Waals surface area contributed by atoms with Crippen molar-refractivity contribution >= 4 is 15.8 Å². The summed E-state index contributed by atoms with van der Waals surface area (Å²) in [6.07, 6.45) is 8.43. The second-order valence-corrected chi connectivity index (χ2v) is 10.9. The zero-order valence-electron chi connectivity index (χ0n) is 21.9. The standard InChI is InChI=1S/C28H27N5O5S/c1-6-18-37-27-23(38-22-11-8-7-10-21(22)36-5)24(31-26(32-27)25-29-16-9-17-30-25)33-39(34,35)20-14-12-19(13-15-20)28(2,3)4/h1,7-17H,18H2,2-5H3,(H,31,32,33). The van der Waals surface area contributed by atoms with Gasteiger partial charge in [0.25, 0.3) is 15.9 Å². The van der Waals surface area contributed by atoms with Gasteiger partial charge < -0.3 is 14.2 Å². The van der Waals surface area contributed by atoms with Crippen LogP contribution in [-0.2, 0) is 15.4 Å². The van der Waals surface area contributed by atoms with Crippen molar-refractivity contribution in [3.8, 4) is 47.1 Å². The van der Waals surface area contributed by atoms with Crippen molar-refractivity contribution in [3.05, 3.63) is 72.6 Å². The van der Waals surface area contributed by atoms with Gasteiger partial charge in [-0.3, -0.25) is 4.72 Å². The number of aromatic nitrogens is 4. The third kappa shape index (κ3) is 6.42. The molecule has 0 atom stereocenters. The average molecular weight is 546 g/mol. The number of benzene rings is 2. The number of sulfonamides is 1. The van der Waals surface area contributed by atoms with Gasteiger partial charge in [0.1, 0.15) is 0 Å². The van der Waals surface area contributed by atoms with E-state index in [1.54, 1.807) is 42.5 Å². The molecule has 0 bridgehead atoms. The van der Waals surface area contributed by atoms with Crippen LogP contribution in [0.25, 0.3) is 11.6 Å². The van der Waals surface area contributed by atoms with Crippen LogP contribution in [0.1, 0.15) is 26.3 Å². The lowest BCUT2D eigenvalue weighted by atomic mass is 9.87. The van der Waals surface area contributed by atoms with E-state index in [4.69, 9.17) is 20.6 Å². The molecule has 1 N–H and O–H groups in total. The van der Waals surface area contributed by atoms with E-state index in [1.165, 1.54) is 31.6 Å². The Labute approximate surface area is 227 Å². The van der Waals surface area contributed by atoms with Crippen LogP contribution in [0.3, 0.4) is 0 Å². The van der Waals surface area contributed by atoms with E-state index in [0.29, 0.717) is 5.75 Å². The van der Waals surface area contributed by atoms with Crippen molar-refractivity contribution in [3.63, 3.8) is 0 Å². The summed E-state index contributed by atoms with van der Waals surface area (Å²) in [4.78, 5) is 17.2. The summed E-state index contributed by atoms with van der Waals surface area (Å²) in [6, 6.07) is 15.0.